The first-order chi connectivity index (χ1) is 18.0. The molecule has 1 N–H and O–H groups in total. The highest BCUT2D eigenvalue weighted by molar-refractivity contribution is 6.31. The number of rotatable bonds is 7. The number of hydrogen-bond donors (Lipinski definition) is 1. The van der Waals surface area contributed by atoms with Gasteiger partial charge < -0.3 is 18.8 Å². The summed E-state index contributed by atoms with van der Waals surface area (Å²) in [5, 5.41) is 17.3. The van der Waals surface area contributed by atoms with Crippen LogP contribution in [-0.2, 0) is 12.1 Å². The van der Waals surface area contributed by atoms with Crippen molar-refractivity contribution in [2.75, 3.05) is 19.6 Å². The summed E-state index contributed by atoms with van der Waals surface area (Å²) in [4.78, 5) is 4.87. The maximum Gasteiger partial charge on any atom is 0.282 e. The van der Waals surface area contributed by atoms with E-state index in [0.29, 0.717) is 24.2 Å². The van der Waals surface area contributed by atoms with Crippen LogP contribution < -0.4 is 4.74 Å². The van der Waals surface area contributed by atoms with Gasteiger partial charge in [-0.2, -0.15) is 4.98 Å². The zero-order valence-electron chi connectivity index (χ0n) is 21.6. The molecule has 1 unspecified atom stereocenters. The first-order valence-electron chi connectivity index (χ1n) is 13.8. The summed E-state index contributed by atoms with van der Waals surface area (Å²) in [5.41, 5.74) is 0.682. The molecule has 2 atom stereocenters. The number of benzene rings is 2. The van der Waals surface area contributed by atoms with Gasteiger partial charge in [-0.1, -0.05) is 72.4 Å². The number of fused-ring (bicyclic) bond motifs is 3. The summed E-state index contributed by atoms with van der Waals surface area (Å²) in [6.45, 7) is 5.76. The van der Waals surface area contributed by atoms with E-state index in [9.17, 15) is 5.11 Å². The summed E-state index contributed by atoms with van der Waals surface area (Å²) >= 11 is 6.35. The Kier molecular flexibility index (Phi) is 6.76. The third-order valence-corrected chi connectivity index (χ3v) is 9.57. The highest BCUT2D eigenvalue weighted by Gasteiger charge is 2.49. The van der Waals surface area contributed by atoms with Gasteiger partial charge in [-0.05, 0) is 48.9 Å². The lowest BCUT2D eigenvalue weighted by molar-refractivity contribution is -0.959. The highest BCUT2D eigenvalue weighted by atomic mass is 35.5. The lowest BCUT2D eigenvalue weighted by Crippen LogP contribution is -2.64. The lowest BCUT2D eigenvalue weighted by Gasteiger charge is -2.51. The number of quaternary nitrogens is 1. The Morgan fingerprint density at radius 1 is 1.05 bits per heavy atom. The van der Waals surface area contributed by atoms with Crippen molar-refractivity contribution in [3.05, 3.63) is 76.4 Å². The van der Waals surface area contributed by atoms with Crippen molar-refractivity contribution in [2.45, 2.75) is 70.1 Å². The maximum absolute atomic E-state index is 12.2. The molecule has 0 radical (unpaired) electrons. The molecule has 0 amide bonds. The monoisotopic (exact) mass is 522 g/mol. The fourth-order valence-corrected chi connectivity index (χ4v) is 7.09. The number of piperidine rings is 3. The fraction of sp³-hybridized carbons (Fsp3) is 0.533. The van der Waals surface area contributed by atoms with Crippen LogP contribution in [-0.4, -0.2) is 45.5 Å². The Bertz CT molecular complexity index is 1220. The predicted octanol–water partition coefficient (Wildman–Crippen LogP) is 6.04. The summed E-state index contributed by atoms with van der Waals surface area (Å²) < 4.78 is 13.2. The smallest absolute Gasteiger partial charge is 0.282 e. The largest absolute Gasteiger partial charge is 0.484 e. The minimum atomic E-state index is -1.23. The second-order valence-corrected chi connectivity index (χ2v) is 11.9. The Morgan fingerprint density at radius 2 is 1.81 bits per heavy atom. The minimum absolute atomic E-state index is 0.0889. The third kappa shape index (κ3) is 4.80. The number of aromatic nitrogens is 2. The average Bonchev–Trinajstić information content (AvgIpc) is 3.40. The Labute approximate surface area is 224 Å². The third-order valence-electron chi connectivity index (χ3n) is 9.16. The molecule has 1 aromatic heterocycles. The van der Waals surface area contributed by atoms with Gasteiger partial charge in [-0.25, -0.2) is 0 Å². The first kappa shape index (κ1) is 24.9. The van der Waals surface area contributed by atoms with E-state index < -0.39 is 5.60 Å². The van der Waals surface area contributed by atoms with Crippen LogP contribution in [0.3, 0.4) is 0 Å². The quantitative estimate of drug-likeness (QED) is 0.383. The molecule has 7 rings (SSSR count). The Morgan fingerprint density at radius 3 is 2.54 bits per heavy atom. The van der Waals surface area contributed by atoms with Gasteiger partial charge in [0, 0.05) is 23.8 Å². The maximum atomic E-state index is 12.2. The predicted molar refractivity (Wildman–Crippen MR) is 142 cm³/mol. The molecular weight excluding hydrogens is 486 g/mol. The number of ether oxygens (including phenoxy) is 1. The molecule has 3 aliphatic heterocycles. The van der Waals surface area contributed by atoms with E-state index in [1.165, 1.54) is 6.42 Å². The zero-order valence-corrected chi connectivity index (χ0v) is 22.4. The number of nitrogens with zero attached hydrogens (tertiary/aromatic N) is 3. The summed E-state index contributed by atoms with van der Waals surface area (Å²) in [6, 6.07) is 15.9. The molecule has 37 heavy (non-hydrogen) atoms. The molecule has 3 saturated heterocycles. The lowest BCUT2D eigenvalue weighted by atomic mass is 9.73. The van der Waals surface area contributed by atoms with Crippen LogP contribution in [0.25, 0.3) is 0 Å². The molecule has 6 nitrogen and oxygen atoms in total. The van der Waals surface area contributed by atoms with Crippen LogP contribution in [0, 0.1) is 18.8 Å². The summed E-state index contributed by atoms with van der Waals surface area (Å²) in [7, 11) is 0. The van der Waals surface area contributed by atoms with E-state index in [0.717, 1.165) is 84.5 Å². The van der Waals surface area contributed by atoms with E-state index in [2.05, 4.69) is 5.16 Å². The van der Waals surface area contributed by atoms with Gasteiger partial charge in [0.1, 0.15) is 12.3 Å². The normalized spacial score (nSPS) is 27.6. The highest BCUT2D eigenvalue weighted by Crippen LogP contribution is 2.43. The molecule has 1 aliphatic carbocycles. The van der Waals surface area contributed by atoms with Crippen molar-refractivity contribution in [3.63, 3.8) is 0 Å². The zero-order chi connectivity index (χ0) is 25.5. The number of hydrogen-bond acceptors (Lipinski definition) is 5. The van der Waals surface area contributed by atoms with Gasteiger partial charge in [-0.15, -0.1) is 0 Å². The topological polar surface area (TPSA) is 68.4 Å². The van der Waals surface area contributed by atoms with E-state index in [-0.39, 0.29) is 12.0 Å². The van der Waals surface area contributed by atoms with Gasteiger partial charge in [0.25, 0.3) is 5.89 Å². The Hall–Kier alpha value is -2.41. The van der Waals surface area contributed by atoms with E-state index in [1.54, 1.807) is 0 Å². The molecular formula is C30H37ClN3O3+. The molecule has 3 aromatic rings. The average molecular weight is 523 g/mol. The molecule has 196 valence electrons. The second-order valence-electron chi connectivity index (χ2n) is 11.5. The van der Waals surface area contributed by atoms with Gasteiger partial charge >= 0.3 is 0 Å². The number of halogens is 1. The van der Waals surface area contributed by atoms with Gasteiger partial charge in [0.05, 0.1) is 13.1 Å². The van der Waals surface area contributed by atoms with Crippen LogP contribution in [0.5, 0.6) is 5.75 Å². The van der Waals surface area contributed by atoms with Crippen LogP contribution in [0.2, 0.25) is 5.02 Å². The van der Waals surface area contributed by atoms with Crippen LogP contribution in [0.4, 0.5) is 0 Å². The van der Waals surface area contributed by atoms with Crippen molar-refractivity contribution >= 4 is 11.6 Å². The van der Waals surface area contributed by atoms with Crippen LogP contribution in [0.15, 0.2) is 53.1 Å². The number of aliphatic hydroxyl groups is 1. The second kappa shape index (κ2) is 10.0. The van der Waals surface area contributed by atoms with Crippen LogP contribution >= 0.6 is 11.6 Å². The molecule has 1 saturated carbocycles. The van der Waals surface area contributed by atoms with Gasteiger partial charge in [-0.3, -0.25) is 0 Å². The first-order valence-corrected chi connectivity index (χ1v) is 14.2. The standard InChI is InChI=1S/C30H37ClN3O3/c1-21-12-13-25(18-26(21)31)36-27-19-34(16-14-22(27)15-17-34)20-28-32-29(33-37-28)30(35,23-8-4-2-5-9-23)24-10-6-3-7-11-24/h2,4-5,8-9,12-13,18,22,24,27,35H,3,6-7,10-11,14-17,19-20H2,1H3/q+1/t22?,27-,30?,34?/m0/s1. The summed E-state index contributed by atoms with van der Waals surface area (Å²) in [5.74, 6) is 2.51. The molecule has 0 spiro atoms. The van der Waals surface area contributed by atoms with Crippen molar-refractivity contribution in [3.8, 4) is 5.75 Å². The summed E-state index contributed by atoms with van der Waals surface area (Å²) in [6.07, 6.45) is 7.81. The molecule has 2 bridgehead atoms. The molecule has 4 aliphatic rings. The van der Waals surface area contributed by atoms with Crippen LogP contribution in [0.1, 0.15) is 67.8 Å². The van der Waals surface area contributed by atoms with Gasteiger partial charge in [0.15, 0.2) is 18.2 Å². The molecule has 2 aromatic carbocycles. The van der Waals surface area contributed by atoms with E-state index in [1.807, 2.05) is 55.5 Å². The van der Waals surface area contributed by atoms with E-state index in [4.69, 9.17) is 25.8 Å². The molecule has 7 heteroatoms. The SMILES string of the molecule is Cc1ccc(O[C@H]2C[N+]3(Cc4nc(C(O)(c5ccccc5)C5CCCCC5)no4)CCC2CC3)cc1Cl. The van der Waals surface area contributed by atoms with E-state index >= 15 is 0 Å². The minimum Gasteiger partial charge on any atom is -0.484 e. The Balaban J connectivity index is 1.23. The van der Waals surface area contributed by atoms with Crippen molar-refractivity contribution in [1.29, 1.82) is 0 Å². The van der Waals surface area contributed by atoms with Crippen molar-refractivity contribution in [1.82, 2.24) is 10.1 Å². The van der Waals surface area contributed by atoms with Crippen molar-refractivity contribution < 1.29 is 18.8 Å². The number of aryl methyl sites for hydroxylation is 1. The molecule has 4 heterocycles. The van der Waals surface area contributed by atoms with Gasteiger partial charge in [0.2, 0.25) is 5.82 Å². The van der Waals surface area contributed by atoms with Crippen molar-refractivity contribution in [2.24, 2.45) is 11.8 Å². The fourth-order valence-electron chi connectivity index (χ4n) is 6.92. The molecule has 4 fully saturated rings.